The van der Waals surface area contributed by atoms with Crippen molar-refractivity contribution in [2.75, 3.05) is 5.32 Å². The minimum Gasteiger partial charge on any atom is -0.348 e. The van der Waals surface area contributed by atoms with E-state index in [1.54, 1.807) is 24.4 Å². The number of nitrogens with zero attached hydrogens (tertiary/aromatic N) is 1. The Labute approximate surface area is 121 Å². The lowest BCUT2D eigenvalue weighted by molar-refractivity contribution is -0.120. The van der Waals surface area contributed by atoms with Gasteiger partial charge in [0.2, 0.25) is 11.8 Å². The average molecular weight is 289 g/mol. The van der Waals surface area contributed by atoms with E-state index in [1.807, 2.05) is 17.5 Å². The van der Waals surface area contributed by atoms with E-state index in [-0.39, 0.29) is 24.3 Å². The molecule has 2 rings (SSSR count). The van der Waals surface area contributed by atoms with Crippen LogP contribution in [-0.4, -0.2) is 16.8 Å². The van der Waals surface area contributed by atoms with E-state index in [9.17, 15) is 9.59 Å². The second-order valence-corrected chi connectivity index (χ2v) is 5.22. The molecule has 0 aliphatic carbocycles. The van der Waals surface area contributed by atoms with Gasteiger partial charge in [0, 0.05) is 18.0 Å². The Morgan fingerprint density at radius 3 is 2.75 bits per heavy atom. The number of thiophene rings is 1. The van der Waals surface area contributed by atoms with Crippen molar-refractivity contribution < 1.29 is 9.59 Å². The molecule has 2 N–H and O–H groups in total. The predicted octanol–water partition coefficient (Wildman–Crippen LogP) is 2.35. The molecule has 104 valence electrons. The SMILES string of the molecule is CC(=O)N[C@@H](CC(=O)Nc1ccccn1)c1cccs1. The van der Waals surface area contributed by atoms with Gasteiger partial charge in [-0.15, -0.1) is 11.3 Å². The molecule has 20 heavy (non-hydrogen) atoms. The Hall–Kier alpha value is -2.21. The third kappa shape index (κ3) is 4.17. The van der Waals surface area contributed by atoms with Crippen LogP contribution in [0.15, 0.2) is 41.9 Å². The normalized spacial score (nSPS) is 11.7. The van der Waals surface area contributed by atoms with Crippen molar-refractivity contribution in [2.24, 2.45) is 0 Å². The fourth-order valence-corrected chi connectivity index (χ4v) is 2.55. The van der Waals surface area contributed by atoms with Gasteiger partial charge in [-0.2, -0.15) is 0 Å². The number of carbonyl (C=O) groups excluding carboxylic acids is 2. The molecule has 0 radical (unpaired) electrons. The van der Waals surface area contributed by atoms with Crippen molar-refractivity contribution in [1.29, 1.82) is 0 Å². The van der Waals surface area contributed by atoms with Crippen molar-refractivity contribution in [3.05, 3.63) is 46.8 Å². The highest BCUT2D eigenvalue weighted by molar-refractivity contribution is 7.10. The van der Waals surface area contributed by atoms with E-state index in [0.717, 1.165) is 4.88 Å². The Morgan fingerprint density at radius 2 is 2.15 bits per heavy atom. The average Bonchev–Trinajstić information content (AvgIpc) is 2.92. The number of nitrogens with one attached hydrogen (secondary N) is 2. The number of hydrogen-bond acceptors (Lipinski definition) is 4. The van der Waals surface area contributed by atoms with E-state index in [2.05, 4.69) is 15.6 Å². The van der Waals surface area contributed by atoms with Gasteiger partial charge in [0.25, 0.3) is 0 Å². The summed E-state index contributed by atoms with van der Waals surface area (Å²) in [7, 11) is 0. The van der Waals surface area contributed by atoms with Gasteiger partial charge in [-0.3, -0.25) is 9.59 Å². The molecule has 0 fully saturated rings. The maximum Gasteiger partial charge on any atom is 0.227 e. The summed E-state index contributed by atoms with van der Waals surface area (Å²) in [4.78, 5) is 28.2. The van der Waals surface area contributed by atoms with Crippen molar-refractivity contribution >= 4 is 29.0 Å². The Balaban J connectivity index is 2.00. The second kappa shape index (κ2) is 6.81. The van der Waals surface area contributed by atoms with Gasteiger partial charge < -0.3 is 10.6 Å². The maximum atomic E-state index is 12.0. The summed E-state index contributed by atoms with van der Waals surface area (Å²) < 4.78 is 0. The highest BCUT2D eigenvalue weighted by atomic mass is 32.1. The third-order valence-corrected chi connectivity index (χ3v) is 3.57. The molecule has 1 atom stereocenters. The molecular weight excluding hydrogens is 274 g/mol. The first-order valence-electron chi connectivity index (χ1n) is 6.16. The molecule has 2 amide bonds. The molecule has 2 heterocycles. The topological polar surface area (TPSA) is 71.1 Å². The van der Waals surface area contributed by atoms with Crippen LogP contribution in [0.3, 0.4) is 0 Å². The van der Waals surface area contributed by atoms with E-state index in [4.69, 9.17) is 0 Å². The first-order chi connectivity index (χ1) is 9.65. The summed E-state index contributed by atoms with van der Waals surface area (Å²) in [6, 6.07) is 8.78. The highest BCUT2D eigenvalue weighted by Gasteiger charge is 2.18. The molecule has 0 spiro atoms. The molecule has 2 aromatic rings. The molecule has 0 aliphatic heterocycles. The standard InChI is InChI=1S/C14H15N3O2S/c1-10(18)16-11(12-5-4-8-20-12)9-14(19)17-13-6-2-3-7-15-13/h2-8,11H,9H2,1H3,(H,16,18)(H,15,17,19)/t11-/m0/s1. The molecule has 0 aromatic carbocycles. The number of amides is 2. The van der Waals surface area contributed by atoms with Crippen LogP contribution in [0.25, 0.3) is 0 Å². The smallest absolute Gasteiger partial charge is 0.227 e. The Morgan fingerprint density at radius 1 is 1.30 bits per heavy atom. The molecule has 6 heteroatoms. The lowest BCUT2D eigenvalue weighted by Gasteiger charge is -2.16. The van der Waals surface area contributed by atoms with Crippen LogP contribution < -0.4 is 10.6 Å². The van der Waals surface area contributed by atoms with Crippen molar-refractivity contribution in [3.63, 3.8) is 0 Å². The second-order valence-electron chi connectivity index (χ2n) is 4.24. The molecule has 0 aliphatic rings. The fourth-order valence-electron chi connectivity index (χ4n) is 1.77. The summed E-state index contributed by atoms with van der Waals surface area (Å²) in [6.07, 6.45) is 1.79. The summed E-state index contributed by atoms with van der Waals surface area (Å²) in [6.45, 7) is 1.44. The molecule has 0 saturated heterocycles. The first-order valence-corrected chi connectivity index (χ1v) is 7.04. The Bertz CT molecular complexity index is 569. The minimum absolute atomic E-state index is 0.158. The summed E-state index contributed by atoms with van der Waals surface area (Å²) in [5.74, 6) is 0.162. The Kier molecular flexibility index (Phi) is 4.84. The van der Waals surface area contributed by atoms with Gasteiger partial charge >= 0.3 is 0 Å². The summed E-state index contributed by atoms with van der Waals surface area (Å²) in [5.41, 5.74) is 0. The van der Waals surface area contributed by atoms with E-state index in [0.29, 0.717) is 5.82 Å². The number of hydrogen-bond donors (Lipinski definition) is 2. The quantitative estimate of drug-likeness (QED) is 0.887. The van der Waals surface area contributed by atoms with Crippen molar-refractivity contribution in [1.82, 2.24) is 10.3 Å². The van der Waals surface area contributed by atoms with Gasteiger partial charge in [-0.1, -0.05) is 12.1 Å². The molecule has 0 unspecified atom stereocenters. The number of pyridine rings is 1. The van der Waals surface area contributed by atoms with E-state index < -0.39 is 0 Å². The molecule has 2 aromatic heterocycles. The van der Waals surface area contributed by atoms with Crippen LogP contribution in [0.4, 0.5) is 5.82 Å². The lowest BCUT2D eigenvalue weighted by atomic mass is 10.1. The van der Waals surface area contributed by atoms with Gasteiger partial charge in [-0.25, -0.2) is 4.98 Å². The first kappa shape index (κ1) is 14.2. The van der Waals surface area contributed by atoms with Gasteiger partial charge in [0.15, 0.2) is 0 Å². The molecular formula is C14H15N3O2S. The van der Waals surface area contributed by atoms with Crippen LogP contribution in [0.2, 0.25) is 0 Å². The van der Waals surface area contributed by atoms with Crippen LogP contribution in [0, 0.1) is 0 Å². The molecule has 0 saturated carbocycles. The van der Waals surface area contributed by atoms with Gasteiger partial charge in [-0.05, 0) is 23.6 Å². The number of anilines is 1. The van der Waals surface area contributed by atoms with E-state index >= 15 is 0 Å². The largest absolute Gasteiger partial charge is 0.348 e. The number of aromatic nitrogens is 1. The molecule has 0 bridgehead atoms. The lowest BCUT2D eigenvalue weighted by Crippen LogP contribution is -2.29. The molecule has 5 nitrogen and oxygen atoms in total. The van der Waals surface area contributed by atoms with Crippen LogP contribution in [0.5, 0.6) is 0 Å². The predicted molar refractivity (Wildman–Crippen MR) is 78.4 cm³/mol. The zero-order valence-electron chi connectivity index (χ0n) is 11.0. The monoisotopic (exact) mass is 289 g/mol. The van der Waals surface area contributed by atoms with Gasteiger partial charge in [0.1, 0.15) is 5.82 Å². The number of carbonyl (C=O) groups is 2. The van der Waals surface area contributed by atoms with Gasteiger partial charge in [0.05, 0.1) is 12.5 Å². The zero-order chi connectivity index (χ0) is 14.4. The zero-order valence-corrected chi connectivity index (χ0v) is 11.8. The minimum atomic E-state index is -0.309. The van der Waals surface area contributed by atoms with E-state index in [1.165, 1.54) is 18.3 Å². The number of rotatable bonds is 5. The van der Waals surface area contributed by atoms with Crippen LogP contribution in [-0.2, 0) is 9.59 Å². The maximum absolute atomic E-state index is 12.0. The van der Waals surface area contributed by atoms with Crippen LogP contribution in [0.1, 0.15) is 24.3 Å². The fraction of sp³-hybridized carbons (Fsp3) is 0.214. The highest BCUT2D eigenvalue weighted by Crippen LogP contribution is 2.22. The summed E-state index contributed by atoms with van der Waals surface area (Å²) >= 11 is 1.51. The third-order valence-electron chi connectivity index (χ3n) is 2.59. The van der Waals surface area contributed by atoms with Crippen LogP contribution >= 0.6 is 11.3 Å². The van der Waals surface area contributed by atoms with Crippen molar-refractivity contribution in [2.45, 2.75) is 19.4 Å². The summed E-state index contributed by atoms with van der Waals surface area (Å²) in [5, 5.41) is 7.42. The van der Waals surface area contributed by atoms with Crippen molar-refractivity contribution in [3.8, 4) is 0 Å².